The number of nitrogens with zero attached hydrogens (tertiary/aromatic N) is 5. The third kappa shape index (κ3) is 4.88. The molecular weight excluding hydrogens is 513 g/mol. The van der Waals surface area contributed by atoms with Crippen molar-refractivity contribution in [2.45, 2.75) is 45.4 Å². The van der Waals surface area contributed by atoms with Gasteiger partial charge in [0.2, 0.25) is 4.80 Å². The number of hydrogen-bond acceptors (Lipinski definition) is 4. The first-order valence-corrected chi connectivity index (χ1v) is 13.7. The summed E-state index contributed by atoms with van der Waals surface area (Å²) in [5, 5.41) is 8.22. The maximum absolute atomic E-state index is 13.5. The summed E-state index contributed by atoms with van der Waals surface area (Å²) in [6.45, 7) is 1.91. The van der Waals surface area contributed by atoms with Crippen molar-refractivity contribution in [1.29, 1.82) is 0 Å². The molecule has 2 heterocycles. The summed E-state index contributed by atoms with van der Waals surface area (Å²) < 4.78 is 5.31. The molecule has 1 aliphatic rings. The van der Waals surface area contributed by atoms with Crippen LogP contribution in [0.2, 0.25) is 10.0 Å². The lowest BCUT2D eigenvalue weighted by Crippen LogP contribution is -2.20. The molecule has 1 fully saturated rings. The average molecular weight is 541 g/mol. The summed E-state index contributed by atoms with van der Waals surface area (Å²) in [5.41, 5.74) is 4.50. The molecule has 0 radical (unpaired) electrons. The number of halogens is 2. The molecule has 0 saturated heterocycles. The van der Waals surface area contributed by atoms with Crippen LogP contribution in [0.3, 0.4) is 0 Å². The Morgan fingerprint density at radius 2 is 1.69 bits per heavy atom. The summed E-state index contributed by atoms with van der Waals surface area (Å²) >= 11 is 14.3. The Labute approximate surface area is 223 Å². The molecule has 0 atom stereocenters. The molecule has 36 heavy (non-hydrogen) atoms. The van der Waals surface area contributed by atoms with Gasteiger partial charge in [0.05, 0.1) is 22.1 Å². The zero-order chi connectivity index (χ0) is 25.2. The van der Waals surface area contributed by atoms with E-state index in [0.29, 0.717) is 20.5 Å². The Morgan fingerprint density at radius 1 is 0.972 bits per heavy atom. The van der Waals surface area contributed by atoms with Gasteiger partial charge in [0.15, 0.2) is 5.69 Å². The van der Waals surface area contributed by atoms with E-state index >= 15 is 0 Å². The molecule has 2 aromatic heterocycles. The van der Waals surface area contributed by atoms with Crippen molar-refractivity contribution in [3.63, 3.8) is 0 Å². The highest BCUT2D eigenvalue weighted by atomic mass is 35.5. The summed E-state index contributed by atoms with van der Waals surface area (Å²) in [5.74, 6) is 0. The first kappa shape index (κ1) is 24.8. The van der Waals surface area contributed by atoms with Crippen LogP contribution in [0.5, 0.6) is 0 Å². The smallest absolute Gasteiger partial charge is 0.283 e. The molecule has 2 aromatic carbocycles. The van der Waals surface area contributed by atoms with E-state index in [1.165, 1.54) is 24.2 Å². The van der Waals surface area contributed by atoms with Crippen LogP contribution in [0.4, 0.5) is 5.69 Å². The summed E-state index contributed by atoms with van der Waals surface area (Å²) in [6.07, 6.45) is 6.61. The fraction of sp³-hybridized carbons (Fsp3) is 0.296. The molecule has 0 unspecified atom stereocenters. The SMILES string of the molecule is Cc1c(N=c2scc(-c3cc(Cl)ccc3Cl)n2N=C2CCCCCC2)c(=O)n(-c2ccccc2)n1C. The predicted octanol–water partition coefficient (Wildman–Crippen LogP) is 7.11. The highest BCUT2D eigenvalue weighted by molar-refractivity contribution is 7.07. The molecule has 4 aromatic rings. The molecule has 0 aliphatic heterocycles. The van der Waals surface area contributed by atoms with Crippen LogP contribution in [0.15, 0.2) is 68.8 Å². The van der Waals surface area contributed by atoms with Gasteiger partial charge in [0.25, 0.3) is 5.56 Å². The third-order valence-electron chi connectivity index (χ3n) is 6.54. The van der Waals surface area contributed by atoms with Crippen LogP contribution in [-0.4, -0.2) is 19.8 Å². The molecule has 0 spiro atoms. The van der Waals surface area contributed by atoms with Crippen LogP contribution >= 0.6 is 34.5 Å². The number of thiazole rings is 1. The fourth-order valence-corrected chi connectivity index (χ4v) is 5.72. The molecule has 0 amide bonds. The lowest BCUT2D eigenvalue weighted by Gasteiger charge is -2.09. The zero-order valence-corrected chi connectivity index (χ0v) is 22.6. The molecule has 6 nitrogen and oxygen atoms in total. The Kier molecular flexibility index (Phi) is 7.32. The topological polar surface area (TPSA) is 56.6 Å². The Morgan fingerprint density at radius 3 is 2.42 bits per heavy atom. The lowest BCUT2D eigenvalue weighted by molar-refractivity contribution is 0.630. The van der Waals surface area contributed by atoms with Crippen molar-refractivity contribution in [3.05, 3.63) is 84.8 Å². The number of para-hydroxylation sites is 1. The molecule has 1 aliphatic carbocycles. The number of aromatic nitrogens is 3. The van der Waals surface area contributed by atoms with Crippen molar-refractivity contribution in [1.82, 2.24) is 14.0 Å². The van der Waals surface area contributed by atoms with E-state index in [1.807, 2.05) is 65.1 Å². The molecule has 186 valence electrons. The van der Waals surface area contributed by atoms with Crippen molar-refractivity contribution in [3.8, 4) is 16.9 Å². The highest BCUT2D eigenvalue weighted by Gasteiger charge is 2.18. The van der Waals surface area contributed by atoms with E-state index in [2.05, 4.69) is 0 Å². The largest absolute Gasteiger partial charge is 0.297 e. The maximum Gasteiger partial charge on any atom is 0.297 e. The minimum atomic E-state index is -0.175. The van der Waals surface area contributed by atoms with Crippen molar-refractivity contribution in [2.24, 2.45) is 17.1 Å². The average Bonchev–Trinajstić information content (AvgIpc) is 3.20. The number of benzene rings is 2. The first-order chi connectivity index (χ1) is 17.4. The van der Waals surface area contributed by atoms with E-state index in [4.69, 9.17) is 33.3 Å². The zero-order valence-electron chi connectivity index (χ0n) is 20.2. The molecule has 1 saturated carbocycles. The van der Waals surface area contributed by atoms with Gasteiger partial charge in [-0.15, -0.1) is 11.3 Å². The fourth-order valence-electron chi connectivity index (χ4n) is 4.51. The minimum Gasteiger partial charge on any atom is -0.283 e. The second-order valence-electron chi connectivity index (χ2n) is 8.94. The minimum absolute atomic E-state index is 0.175. The first-order valence-electron chi connectivity index (χ1n) is 12.1. The Balaban J connectivity index is 1.73. The van der Waals surface area contributed by atoms with Gasteiger partial charge in [0.1, 0.15) is 0 Å². The van der Waals surface area contributed by atoms with Crippen LogP contribution in [-0.2, 0) is 7.05 Å². The van der Waals surface area contributed by atoms with Crippen LogP contribution in [0, 0.1) is 6.92 Å². The van der Waals surface area contributed by atoms with Gasteiger partial charge in [-0.2, -0.15) is 5.10 Å². The molecule has 5 rings (SSSR count). The van der Waals surface area contributed by atoms with Crippen molar-refractivity contribution < 1.29 is 0 Å². The van der Waals surface area contributed by atoms with Gasteiger partial charge in [-0.05, 0) is 62.9 Å². The second kappa shape index (κ2) is 10.6. The van der Waals surface area contributed by atoms with Crippen LogP contribution < -0.4 is 10.4 Å². The molecular formula is C27H27Cl2N5OS. The maximum atomic E-state index is 13.5. The van der Waals surface area contributed by atoms with Gasteiger partial charge >= 0.3 is 0 Å². The standard InChI is InChI=1S/C27H27Cl2N5OS/c1-18-25(26(35)34(32(18)2)21-12-8-5-9-13-21)30-27-33(31-20-10-6-3-4-7-11-20)24(17-36-27)22-16-19(28)14-15-23(22)29/h5,8-9,12-17H,3-4,6-7,10-11H2,1-2H3. The van der Waals surface area contributed by atoms with Gasteiger partial charge in [-0.3, -0.25) is 9.48 Å². The Bertz CT molecular complexity index is 1550. The van der Waals surface area contributed by atoms with Crippen LogP contribution in [0.1, 0.15) is 44.2 Å². The second-order valence-corrected chi connectivity index (χ2v) is 10.6. The Hall–Kier alpha value is -2.87. The van der Waals surface area contributed by atoms with E-state index in [1.54, 1.807) is 16.8 Å². The normalized spacial score (nSPS) is 14.8. The molecule has 0 bridgehead atoms. The number of hydrogen-bond donors (Lipinski definition) is 0. The van der Waals surface area contributed by atoms with E-state index < -0.39 is 0 Å². The predicted molar refractivity (Wildman–Crippen MR) is 149 cm³/mol. The molecule has 9 heteroatoms. The van der Waals surface area contributed by atoms with Gasteiger partial charge < -0.3 is 0 Å². The quantitative estimate of drug-likeness (QED) is 0.255. The summed E-state index contributed by atoms with van der Waals surface area (Å²) in [4.78, 5) is 19.0. The lowest BCUT2D eigenvalue weighted by atomic mass is 10.1. The van der Waals surface area contributed by atoms with Gasteiger partial charge in [-0.25, -0.2) is 14.4 Å². The van der Waals surface area contributed by atoms with Crippen molar-refractivity contribution >= 4 is 45.9 Å². The summed E-state index contributed by atoms with van der Waals surface area (Å²) in [7, 11) is 1.87. The number of rotatable bonds is 4. The summed E-state index contributed by atoms with van der Waals surface area (Å²) in [6, 6.07) is 15.0. The van der Waals surface area contributed by atoms with E-state index in [0.717, 1.165) is 54.0 Å². The van der Waals surface area contributed by atoms with Crippen molar-refractivity contribution in [2.75, 3.05) is 0 Å². The van der Waals surface area contributed by atoms with E-state index in [9.17, 15) is 4.79 Å². The highest BCUT2D eigenvalue weighted by Crippen LogP contribution is 2.31. The third-order valence-corrected chi connectivity index (χ3v) is 7.92. The van der Waals surface area contributed by atoms with E-state index in [-0.39, 0.29) is 5.56 Å². The molecule has 0 N–H and O–H groups in total. The monoisotopic (exact) mass is 539 g/mol. The van der Waals surface area contributed by atoms with Gasteiger partial charge in [0, 0.05) is 28.7 Å². The van der Waals surface area contributed by atoms with Crippen LogP contribution in [0.25, 0.3) is 16.9 Å². The van der Waals surface area contributed by atoms with Gasteiger partial charge in [-0.1, -0.05) is 54.2 Å².